The molecule has 0 amide bonds. The van der Waals surface area contributed by atoms with Gasteiger partial charge in [0.05, 0.1) is 0 Å². The number of allylic oxidation sites excluding steroid dienone is 7. The van der Waals surface area contributed by atoms with Crippen LogP contribution in [0.1, 0.15) is 45.7 Å². The van der Waals surface area contributed by atoms with E-state index in [1.165, 1.54) is 31.4 Å². The minimum absolute atomic E-state index is 1.30. The Hall–Kier alpha value is -1.09. The van der Waals surface area contributed by atoms with E-state index >= 15 is 0 Å². The lowest BCUT2D eigenvalue weighted by Gasteiger charge is -2.13. The van der Waals surface area contributed by atoms with Gasteiger partial charge in [0, 0.05) is 3.58 Å². The molecule has 20 heavy (non-hydrogen) atoms. The number of hydrogen-bond donors (Lipinski definition) is 0. The van der Waals surface area contributed by atoms with E-state index in [4.69, 9.17) is 0 Å². The highest BCUT2D eigenvalue weighted by Crippen LogP contribution is 2.33. The van der Waals surface area contributed by atoms with Gasteiger partial charge in [0.2, 0.25) is 0 Å². The van der Waals surface area contributed by atoms with Gasteiger partial charge in [-0.15, -0.1) is 0 Å². The summed E-state index contributed by atoms with van der Waals surface area (Å²) in [6.45, 7) is 10.6. The summed E-state index contributed by atoms with van der Waals surface area (Å²) in [5, 5.41) is 0. The molecule has 0 aliphatic carbocycles. The lowest BCUT2D eigenvalue weighted by atomic mass is 9.95. The molecule has 0 saturated carbocycles. The van der Waals surface area contributed by atoms with Crippen LogP contribution in [0.5, 0.6) is 0 Å². The van der Waals surface area contributed by atoms with E-state index in [0.29, 0.717) is 0 Å². The third-order valence-corrected chi connectivity index (χ3v) is 4.77. The molecular formula is C19H23I. The Balaban J connectivity index is 3.47. The molecule has 0 bridgehead atoms. The van der Waals surface area contributed by atoms with Crippen molar-refractivity contribution in [1.82, 2.24) is 0 Å². The van der Waals surface area contributed by atoms with Crippen LogP contribution >= 0.6 is 22.6 Å². The maximum absolute atomic E-state index is 2.45. The zero-order chi connectivity index (χ0) is 15.1. The predicted octanol–water partition coefficient (Wildman–Crippen LogP) is 6.80. The highest BCUT2D eigenvalue weighted by Gasteiger charge is 2.09. The molecule has 0 aromatic heterocycles. The Morgan fingerprint density at radius 2 is 1.35 bits per heavy atom. The van der Waals surface area contributed by atoms with Crippen LogP contribution in [0.2, 0.25) is 0 Å². The predicted molar refractivity (Wildman–Crippen MR) is 101 cm³/mol. The zero-order valence-corrected chi connectivity index (χ0v) is 15.2. The van der Waals surface area contributed by atoms with Crippen LogP contribution in [0.15, 0.2) is 59.7 Å². The number of rotatable bonds is 4. The summed E-state index contributed by atoms with van der Waals surface area (Å²) in [5.74, 6) is 0. The molecule has 1 heteroatoms. The first-order valence-corrected chi connectivity index (χ1v) is 7.99. The number of hydrogen-bond acceptors (Lipinski definition) is 0. The molecule has 0 N–H and O–H groups in total. The van der Waals surface area contributed by atoms with E-state index in [9.17, 15) is 0 Å². The summed E-state index contributed by atoms with van der Waals surface area (Å²) in [6, 6.07) is 8.63. The summed E-state index contributed by atoms with van der Waals surface area (Å²) in [4.78, 5) is 0. The van der Waals surface area contributed by atoms with E-state index in [0.717, 1.165) is 0 Å². The molecule has 0 spiro atoms. The molecule has 1 aromatic carbocycles. The first kappa shape index (κ1) is 17.0. The van der Waals surface area contributed by atoms with E-state index in [1.54, 1.807) is 0 Å². The molecule has 0 atom stereocenters. The number of halogens is 1. The quantitative estimate of drug-likeness (QED) is 0.399. The first-order valence-electron chi connectivity index (χ1n) is 6.92. The van der Waals surface area contributed by atoms with Gasteiger partial charge < -0.3 is 0 Å². The first-order chi connectivity index (χ1) is 9.52. The van der Waals surface area contributed by atoms with Crippen molar-refractivity contribution in [2.24, 2.45) is 0 Å². The Bertz CT molecular complexity index is 531. The summed E-state index contributed by atoms with van der Waals surface area (Å²) < 4.78 is 1.31. The van der Waals surface area contributed by atoms with E-state index < -0.39 is 0 Å². The topological polar surface area (TPSA) is 0 Å². The highest BCUT2D eigenvalue weighted by molar-refractivity contribution is 14.1. The maximum Gasteiger partial charge on any atom is 0.0237 e. The molecule has 0 nitrogen and oxygen atoms in total. The minimum Gasteiger partial charge on any atom is -0.0874 e. The van der Waals surface area contributed by atoms with Crippen molar-refractivity contribution in [3.63, 3.8) is 0 Å². The largest absolute Gasteiger partial charge is 0.0874 e. The summed E-state index contributed by atoms with van der Waals surface area (Å²) in [6.07, 6.45) is 8.51. The van der Waals surface area contributed by atoms with Gasteiger partial charge in [0.25, 0.3) is 0 Å². The van der Waals surface area contributed by atoms with Gasteiger partial charge in [-0.25, -0.2) is 0 Å². The SMILES string of the molecule is C/C=C\C(C)=C(/I)c1ccccc1/C(C)=C(C)/C=C\C. The van der Waals surface area contributed by atoms with E-state index in [1.807, 2.05) is 0 Å². The second-order valence-corrected chi connectivity index (χ2v) is 5.93. The van der Waals surface area contributed by atoms with Crippen molar-refractivity contribution in [1.29, 1.82) is 0 Å². The molecule has 0 radical (unpaired) electrons. The molecule has 0 aliphatic heterocycles. The average molecular weight is 378 g/mol. The molecular weight excluding hydrogens is 355 g/mol. The lowest BCUT2D eigenvalue weighted by molar-refractivity contribution is 1.43. The number of benzene rings is 1. The molecule has 1 aromatic rings. The van der Waals surface area contributed by atoms with Crippen molar-refractivity contribution < 1.29 is 0 Å². The van der Waals surface area contributed by atoms with Crippen molar-refractivity contribution in [2.45, 2.75) is 34.6 Å². The molecule has 0 unspecified atom stereocenters. The Morgan fingerprint density at radius 1 is 0.850 bits per heavy atom. The molecule has 0 fully saturated rings. The van der Waals surface area contributed by atoms with Gasteiger partial charge in [-0.1, -0.05) is 48.6 Å². The Morgan fingerprint density at radius 3 is 1.90 bits per heavy atom. The third-order valence-electron chi connectivity index (χ3n) is 3.34. The van der Waals surface area contributed by atoms with Crippen molar-refractivity contribution >= 4 is 31.7 Å². The lowest BCUT2D eigenvalue weighted by Crippen LogP contribution is -1.91. The van der Waals surface area contributed by atoms with E-state index in [2.05, 4.69) is 106 Å². The smallest absolute Gasteiger partial charge is 0.0237 e. The molecule has 0 heterocycles. The standard InChI is InChI=1S/C19H23I/c1-6-10-14(3)16(5)17-12-8-9-13-18(17)19(20)15(4)11-7-2/h6-13H,1-5H3/b10-6-,11-7-,16-14+,19-15-. The van der Waals surface area contributed by atoms with Gasteiger partial charge >= 0.3 is 0 Å². The minimum atomic E-state index is 1.30. The fourth-order valence-electron chi connectivity index (χ4n) is 2.12. The monoisotopic (exact) mass is 378 g/mol. The third kappa shape index (κ3) is 4.20. The van der Waals surface area contributed by atoms with Crippen LogP contribution in [0, 0.1) is 0 Å². The summed E-state index contributed by atoms with van der Waals surface area (Å²) in [7, 11) is 0. The van der Waals surface area contributed by atoms with Crippen LogP contribution in [-0.2, 0) is 0 Å². The fraction of sp³-hybridized carbons (Fsp3) is 0.263. The van der Waals surface area contributed by atoms with E-state index in [-0.39, 0.29) is 0 Å². The summed E-state index contributed by atoms with van der Waals surface area (Å²) >= 11 is 2.45. The van der Waals surface area contributed by atoms with Gasteiger partial charge in [-0.2, -0.15) is 0 Å². The zero-order valence-electron chi connectivity index (χ0n) is 13.0. The summed E-state index contributed by atoms with van der Waals surface area (Å²) in [5.41, 5.74) is 6.58. The van der Waals surface area contributed by atoms with Crippen LogP contribution in [0.25, 0.3) is 9.15 Å². The van der Waals surface area contributed by atoms with Gasteiger partial charge in [0.1, 0.15) is 0 Å². The Labute approximate surface area is 137 Å². The molecule has 0 aliphatic rings. The van der Waals surface area contributed by atoms with Gasteiger partial charge in [-0.3, -0.25) is 0 Å². The van der Waals surface area contributed by atoms with Crippen molar-refractivity contribution in [2.75, 3.05) is 0 Å². The van der Waals surface area contributed by atoms with Crippen molar-refractivity contribution in [3.05, 3.63) is 70.8 Å². The van der Waals surface area contributed by atoms with Crippen LogP contribution in [0.4, 0.5) is 0 Å². The van der Waals surface area contributed by atoms with Crippen LogP contribution in [0.3, 0.4) is 0 Å². The van der Waals surface area contributed by atoms with Crippen LogP contribution in [-0.4, -0.2) is 0 Å². The van der Waals surface area contributed by atoms with Gasteiger partial charge in [-0.05, 0) is 85.1 Å². The fourth-order valence-corrected chi connectivity index (χ4v) is 2.77. The Kier molecular flexibility index (Phi) is 7.00. The molecule has 106 valence electrons. The molecule has 1 rings (SSSR count). The molecule has 0 saturated heterocycles. The highest BCUT2D eigenvalue weighted by atomic mass is 127. The average Bonchev–Trinajstić information content (AvgIpc) is 2.46. The second-order valence-electron chi connectivity index (χ2n) is 4.85. The van der Waals surface area contributed by atoms with Crippen molar-refractivity contribution in [3.8, 4) is 0 Å². The van der Waals surface area contributed by atoms with Gasteiger partial charge in [0.15, 0.2) is 0 Å². The normalized spacial score (nSPS) is 14.7. The van der Waals surface area contributed by atoms with Crippen LogP contribution < -0.4 is 0 Å². The second kappa shape index (κ2) is 8.25. The maximum atomic E-state index is 2.45.